The molecule has 1 N–H and O–H groups in total. The van der Waals surface area contributed by atoms with Gasteiger partial charge in [0.2, 0.25) is 0 Å². The molecule has 0 bridgehead atoms. The van der Waals surface area contributed by atoms with Crippen LogP contribution in [0.15, 0.2) is 42.7 Å². The number of aryl methyl sites for hydroxylation is 1. The molecule has 2 aromatic rings. The summed E-state index contributed by atoms with van der Waals surface area (Å²) in [6.07, 6.45) is 1.67. The molecule has 1 saturated heterocycles. The highest BCUT2D eigenvalue weighted by molar-refractivity contribution is 6.30. The highest BCUT2D eigenvalue weighted by Gasteiger charge is 2.39. The first-order chi connectivity index (χ1) is 9.97. The minimum absolute atomic E-state index is 0.0621. The lowest BCUT2D eigenvalue weighted by Crippen LogP contribution is -2.14. The van der Waals surface area contributed by atoms with Gasteiger partial charge in [0.15, 0.2) is 6.10 Å². The van der Waals surface area contributed by atoms with Gasteiger partial charge in [0.25, 0.3) is 0 Å². The van der Waals surface area contributed by atoms with E-state index in [1.807, 2.05) is 6.20 Å². The zero-order chi connectivity index (χ0) is 15.1. The zero-order valence-electron chi connectivity index (χ0n) is 11.3. The SMILES string of the molecule is C=C1C(=O)O[C@H](c2ccc(Cl)cc2-c2cnn(C)c2)[C@@H]1O. The summed E-state index contributed by atoms with van der Waals surface area (Å²) in [5.41, 5.74) is 2.33. The van der Waals surface area contributed by atoms with Crippen molar-refractivity contribution < 1.29 is 14.6 Å². The molecule has 0 saturated carbocycles. The number of nitrogens with zero attached hydrogens (tertiary/aromatic N) is 2. The van der Waals surface area contributed by atoms with E-state index in [0.29, 0.717) is 10.6 Å². The summed E-state index contributed by atoms with van der Waals surface area (Å²) in [6.45, 7) is 3.55. The molecule has 108 valence electrons. The molecule has 0 radical (unpaired) electrons. The Morgan fingerprint density at radius 2 is 2.24 bits per heavy atom. The topological polar surface area (TPSA) is 64.3 Å². The van der Waals surface area contributed by atoms with Gasteiger partial charge < -0.3 is 9.84 Å². The molecule has 0 unspecified atom stereocenters. The number of hydrogen-bond acceptors (Lipinski definition) is 4. The Morgan fingerprint density at radius 3 is 2.81 bits per heavy atom. The van der Waals surface area contributed by atoms with E-state index in [2.05, 4.69) is 11.7 Å². The van der Waals surface area contributed by atoms with Crippen LogP contribution in [0.1, 0.15) is 11.7 Å². The predicted octanol–water partition coefficient (Wildman–Crippen LogP) is 2.26. The molecule has 2 heterocycles. The molecule has 5 nitrogen and oxygen atoms in total. The number of hydrogen-bond donors (Lipinski definition) is 1. The largest absolute Gasteiger partial charge is 0.451 e. The third kappa shape index (κ3) is 2.34. The number of ether oxygens (including phenoxy) is 1. The lowest BCUT2D eigenvalue weighted by atomic mass is 9.94. The normalized spacial score (nSPS) is 21.7. The molecular formula is C15H13ClN2O3. The number of carbonyl (C=O) groups is 1. The fraction of sp³-hybridized carbons (Fsp3) is 0.200. The van der Waals surface area contributed by atoms with Crippen LogP contribution in [0, 0.1) is 0 Å². The average molecular weight is 305 g/mol. The Hall–Kier alpha value is -2.11. The predicted molar refractivity (Wildman–Crippen MR) is 77.6 cm³/mol. The lowest BCUT2D eigenvalue weighted by Gasteiger charge is -2.17. The Bertz CT molecular complexity index is 738. The molecule has 1 aromatic heterocycles. The molecule has 21 heavy (non-hydrogen) atoms. The maximum Gasteiger partial charge on any atom is 0.336 e. The van der Waals surface area contributed by atoms with Gasteiger partial charge in [-0.3, -0.25) is 4.68 Å². The van der Waals surface area contributed by atoms with E-state index in [1.54, 1.807) is 36.1 Å². The van der Waals surface area contributed by atoms with Crippen molar-refractivity contribution in [2.45, 2.75) is 12.2 Å². The fourth-order valence-corrected chi connectivity index (χ4v) is 2.55. The summed E-state index contributed by atoms with van der Waals surface area (Å²) in [4.78, 5) is 11.6. The van der Waals surface area contributed by atoms with E-state index in [4.69, 9.17) is 16.3 Å². The molecule has 6 heteroatoms. The number of cyclic esters (lactones) is 1. The minimum atomic E-state index is -1.06. The maximum atomic E-state index is 11.6. The second-order valence-corrected chi connectivity index (χ2v) is 5.37. The zero-order valence-corrected chi connectivity index (χ0v) is 12.0. The van der Waals surface area contributed by atoms with Crippen LogP contribution in [0.5, 0.6) is 0 Å². The molecule has 1 fully saturated rings. The van der Waals surface area contributed by atoms with Gasteiger partial charge >= 0.3 is 5.97 Å². The highest BCUT2D eigenvalue weighted by atomic mass is 35.5. The smallest absolute Gasteiger partial charge is 0.336 e. The van der Waals surface area contributed by atoms with Crippen molar-refractivity contribution in [1.82, 2.24) is 9.78 Å². The first-order valence-electron chi connectivity index (χ1n) is 6.33. The number of aliphatic hydroxyl groups excluding tert-OH is 1. The highest BCUT2D eigenvalue weighted by Crippen LogP contribution is 2.39. The van der Waals surface area contributed by atoms with Gasteiger partial charge in [-0.15, -0.1) is 0 Å². The molecule has 0 spiro atoms. The first kappa shape index (κ1) is 13.9. The Balaban J connectivity index is 2.11. The van der Waals surface area contributed by atoms with Crippen molar-refractivity contribution >= 4 is 17.6 Å². The first-order valence-corrected chi connectivity index (χ1v) is 6.71. The van der Waals surface area contributed by atoms with Crippen molar-refractivity contribution in [3.05, 3.63) is 53.3 Å². The molecule has 0 aliphatic carbocycles. The molecule has 3 rings (SSSR count). The summed E-state index contributed by atoms with van der Waals surface area (Å²) in [7, 11) is 1.81. The Kier molecular flexibility index (Phi) is 3.31. The van der Waals surface area contributed by atoms with Crippen LogP contribution in [-0.2, 0) is 16.6 Å². The van der Waals surface area contributed by atoms with Crippen LogP contribution in [-0.4, -0.2) is 27.0 Å². The number of esters is 1. The number of aliphatic hydroxyl groups is 1. The maximum absolute atomic E-state index is 11.6. The average Bonchev–Trinajstić information content (AvgIpc) is 2.98. The summed E-state index contributed by atoms with van der Waals surface area (Å²) in [5.74, 6) is -0.584. The quantitative estimate of drug-likeness (QED) is 0.683. The second kappa shape index (κ2) is 5.02. The summed E-state index contributed by atoms with van der Waals surface area (Å²) in [6, 6.07) is 5.19. The number of carbonyl (C=O) groups excluding carboxylic acids is 1. The Labute approximate surface area is 126 Å². The third-order valence-electron chi connectivity index (χ3n) is 3.48. The number of aromatic nitrogens is 2. The standard InChI is InChI=1S/C15H13ClN2O3/c1-8-13(19)14(21-15(8)20)11-4-3-10(16)5-12(11)9-6-17-18(2)7-9/h3-7,13-14,19H,1H2,2H3/t13-,14-/m1/s1. The molecular weight excluding hydrogens is 292 g/mol. The molecule has 2 atom stereocenters. The van der Waals surface area contributed by atoms with Crippen molar-refractivity contribution in [2.24, 2.45) is 7.05 Å². The molecule has 1 aliphatic heterocycles. The fourth-order valence-electron chi connectivity index (χ4n) is 2.38. The Morgan fingerprint density at radius 1 is 1.48 bits per heavy atom. The minimum Gasteiger partial charge on any atom is -0.451 e. The van der Waals surface area contributed by atoms with Crippen LogP contribution in [0.3, 0.4) is 0 Å². The van der Waals surface area contributed by atoms with Crippen molar-refractivity contribution in [2.75, 3.05) is 0 Å². The monoisotopic (exact) mass is 304 g/mol. The van der Waals surface area contributed by atoms with Gasteiger partial charge in [0, 0.05) is 29.4 Å². The van der Waals surface area contributed by atoms with Gasteiger partial charge in [-0.25, -0.2) is 4.79 Å². The van der Waals surface area contributed by atoms with Gasteiger partial charge in [-0.1, -0.05) is 24.2 Å². The summed E-state index contributed by atoms with van der Waals surface area (Å²) < 4.78 is 6.88. The van der Waals surface area contributed by atoms with Crippen LogP contribution in [0.2, 0.25) is 5.02 Å². The van der Waals surface area contributed by atoms with E-state index in [-0.39, 0.29) is 5.57 Å². The molecule has 1 aliphatic rings. The third-order valence-corrected chi connectivity index (χ3v) is 3.71. The molecule has 0 amide bonds. The summed E-state index contributed by atoms with van der Waals surface area (Å²) >= 11 is 6.06. The van der Waals surface area contributed by atoms with Gasteiger partial charge in [-0.2, -0.15) is 5.10 Å². The van der Waals surface area contributed by atoms with Crippen LogP contribution in [0.4, 0.5) is 0 Å². The van der Waals surface area contributed by atoms with E-state index < -0.39 is 18.2 Å². The van der Waals surface area contributed by atoms with E-state index >= 15 is 0 Å². The van der Waals surface area contributed by atoms with Gasteiger partial charge in [0.05, 0.1) is 11.8 Å². The van der Waals surface area contributed by atoms with Crippen molar-refractivity contribution in [3.8, 4) is 11.1 Å². The molecule has 1 aromatic carbocycles. The number of halogens is 1. The lowest BCUT2D eigenvalue weighted by molar-refractivity contribution is -0.139. The van der Waals surface area contributed by atoms with Crippen molar-refractivity contribution in [1.29, 1.82) is 0 Å². The second-order valence-electron chi connectivity index (χ2n) is 4.93. The van der Waals surface area contributed by atoms with E-state index in [9.17, 15) is 9.90 Å². The van der Waals surface area contributed by atoms with Gasteiger partial charge in [0.1, 0.15) is 6.10 Å². The van der Waals surface area contributed by atoms with Crippen molar-refractivity contribution in [3.63, 3.8) is 0 Å². The van der Waals surface area contributed by atoms with E-state index in [0.717, 1.165) is 11.1 Å². The van der Waals surface area contributed by atoms with E-state index in [1.165, 1.54) is 0 Å². The number of rotatable bonds is 2. The van der Waals surface area contributed by atoms with Crippen LogP contribution < -0.4 is 0 Å². The van der Waals surface area contributed by atoms with Crippen LogP contribution >= 0.6 is 11.6 Å². The van der Waals surface area contributed by atoms with Gasteiger partial charge in [-0.05, 0) is 17.7 Å². The van der Waals surface area contributed by atoms with Crippen LogP contribution in [0.25, 0.3) is 11.1 Å². The number of benzene rings is 1. The summed E-state index contributed by atoms with van der Waals surface area (Å²) in [5, 5.41) is 14.8.